The van der Waals surface area contributed by atoms with Crippen molar-refractivity contribution in [1.29, 1.82) is 0 Å². The van der Waals surface area contributed by atoms with E-state index < -0.39 is 11.7 Å². The molecule has 122 valence electrons. The van der Waals surface area contributed by atoms with Crippen LogP contribution in [0.2, 0.25) is 5.15 Å². The van der Waals surface area contributed by atoms with Crippen molar-refractivity contribution in [3.8, 4) is 0 Å². The molecule has 1 heterocycles. The van der Waals surface area contributed by atoms with Crippen LogP contribution in [0.5, 0.6) is 0 Å². The summed E-state index contributed by atoms with van der Waals surface area (Å²) in [4.78, 5) is 20.3. The van der Waals surface area contributed by atoms with Crippen LogP contribution in [0.25, 0.3) is 0 Å². The van der Waals surface area contributed by atoms with Crippen LogP contribution in [-0.4, -0.2) is 33.7 Å². The van der Waals surface area contributed by atoms with E-state index in [-0.39, 0.29) is 12.1 Å². The van der Waals surface area contributed by atoms with Crippen LogP contribution >= 0.6 is 11.6 Å². The zero-order valence-corrected chi connectivity index (χ0v) is 14.0. The van der Waals surface area contributed by atoms with Crippen molar-refractivity contribution in [1.82, 2.24) is 15.3 Å². The summed E-state index contributed by atoms with van der Waals surface area (Å²) in [5, 5.41) is 6.60. The van der Waals surface area contributed by atoms with Crippen molar-refractivity contribution in [2.45, 2.75) is 64.1 Å². The van der Waals surface area contributed by atoms with Crippen molar-refractivity contribution < 1.29 is 9.53 Å². The van der Waals surface area contributed by atoms with Gasteiger partial charge in [0, 0.05) is 12.2 Å². The summed E-state index contributed by atoms with van der Waals surface area (Å²) in [5.41, 5.74) is -0.502. The molecule has 1 saturated carbocycles. The molecular weight excluding hydrogens is 304 g/mol. The molecule has 0 aromatic carbocycles. The molecule has 6 nitrogen and oxygen atoms in total. The standard InChI is InChI=1S/C15H23ClN4O2/c1-15(2,3)22-14(21)19-11-7-5-4-6-10(11)18-13-17-9-8-12(16)20-13/h8-11H,4-7H2,1-3H3,(H,19,21)(H,17,18,20)/t10-,11-/m1/s1. The van der Waals surface area contributed by atoms with Crippen molar-refractivity contribution in [3.05, 3.63) is 17.4 Å². The van der Waals surface area contributed by atoms with Gasteiger partial charge in [0.2, 0.25) is 5.95 Å². The molecule has 2 N–H and O–H groups in total. The van der Waals surface area contributed by atoms with Gasteiger partial charge < -0.3 is 15.4 Å². The molecule has 1 aromatic heterocycles. The van der Waals surface area contributed by atoms with Crippen molar-refractivity contribution in [3.63, 3.8) is 0 Å². The van der Waals surface area contributed by atoms with Gasteiger partial charge in [-0.15, -0.1) is 0 Å². The summed E-state index contributed by atoms with van der Waals surface area (Å²) in [5.74, 6) is 0.482. The molecular formula is C15H23ClN4O2. The van der Waals surface area contributed by atoms with Crippen LogP contribution in [0.4, 0.5) is 10.7 Å². The number of hydrogen-bond donors (Lipinski definition) is 2. The molecule has 1 aromatic rings. The minimum Gasteiger partial charge on any atom is -0.444 e. The Labute approximate surface area is 136 Å². The number of ether oxygens (including phenoxy) is 1. The van der Waals surface area contributed by atoms with Gasteiger partial charge in [-0.2, -0.15) is 0 Å². The van der Waals surface area contributed by atoms with Crippen molar-refractivity contribution >= 4 is 23.6 Å². The maximum absolute atomic E-state index is 12.0. The van der Waals surface area contributed by atoms with Crippen LogP contribution in [0.3, 0.4) is 0 Å². The van der Waals surface area contributed by atoms with Gasteiger partial charge in [0.05, 0.1) is 6.04 Å². The lowest BCUT2D eigenvalue weighted by atomic mass is 9.90. The zero-order valence-electron chi connectivity index (χ0n) is 13.2. The van der Waals surface area contributed by atoms with Gasteiger partial charge >= 0.3 is 6.09 Å². The molecule has 0 radical (unpaired) electrons. The highest BCUT2D eigenvalue weighted by atomic mass is 35.5. The fourth-order valence-electron chi connectivity index (χ4n) is 2.51. The Bertz CT molecular complexity index is 519. The highest BCUT2D eigenvalue weighted by Crippen LogP contribution is 2.22. The van der Waals surface area contributed by atoms with Gasteiger partial charge in [-0.05, 0) is 39.7 Å². The lowest BCUT2D eigenvalue weighted by Crippen LogP contribution is -2.50. The normalized spacial score (nSPS) is 22.0. The van der Waals surface area contributed by atoms with E-state index in [0.717, 1.165) is 25.7 Å². The third-order valence-corrected chi connectivity index (χ3v) is 3.61. The smallest absolute Gasteiger partial charge is 0.407 e. The number of hydrogen-bond acceptors (Lipinski definition) is 5. The maximum Gasteiger partial charge on any atom is 0.407 e. The average molecular weight is 327 g/mol. The number of amides is 1. The first kappa shape index (κ1) is 16.8. The fraction of sp³-hybridized carbons (Fsp3) is 0.667. The number of aromatic nitrogens is 2. The molecule has 0 aliphatic heterocycles. The molecule has 0 unspecified atom stereocenters. The lowest BCUT2D eigenvalue weighted by molar-refractivity contribution is 0.0488. The molecule has 1 amide bonds. The van der Waals surface area contributed by atoms with Gasteiger partial charge in [0.1, 0.15) is 10.8 Å². The minimum atomic E-state index is -0.502. The Kier molecular flexibility index (Phi) is 5.45. The lowest BCUT2D eigenvalue weighted by Gasteiger charge is -2.33. The Balaban J connectivity index is 1.97. The van der Waals surface area contributed by atoms with Crippen LogP contribution in [0.1, 0.15) is 46.5 Å². The third-order valence-electron chi connectivity index (χ3n) is 3.40. The average Bonchev–Trinajstić information content (AvgIpc) is 2.39. The van der Waals surface area contributed by atoms with Crippen molar-refractivity contribution in [2.24, 2.45) is 0 Å². The Morgan fingerprint density at radius 2 is 2.00 bits per heavy atom. The number of carbonyl (C=O) groups is 1. The van der Waals surface area contributed by atoms with E-state index in [4.69, 9.17) is 16.3 Å². The summed E-state index contributed by atoms with van der Waals surface area (Å²) in [6.07, 6.45) is 5.24. The summed E-state index contributed by atoms with van der Waals surface area (Å²) in [6, 6.07) is 1.69. The molecule has 2 atom stereocenters. The van der Waals surface area contributed by atoms with E-state index in [1.54, 1.807) is 12.3 Å². The largest absolute Gasteiger partial charge is 0.444 e. The number of halogens is 1. The number of nitrogens with one attached hydrogen (secondary N) is 2. The zero-order chi connectivity index (χ0) is 16.2. The van der Waals surface area contributed by atoms with Crippen LogP contribution in [0.15, 0.2) is 12.3 Å². The number of anilines is 1. The number of nitrogens with zero attached hydrogens (tertiary/aromatic N) is 2. The Morgan fingerprint density at radius 1 is 1.32 bits per heavy atom. The second-order valence-corrected chi connectivity index (χ2v) is 6.88. The molecule has 1 fully saturated rings. The topological polar surface area (TPSA) is 76.1 Å². The monoisotopic (exact) mass is 326 g/mol. The highest BCUT2D eigenvalue weighted by Gasteiger charge is 2.28. The van der Waals surface area contributed by atoms with E-state index >= 15 is 0 Å². The van der Waals surface area contributed by atoms with Gasteiger partial charge in [-0.3, -0.25) is 0 Å². The molecule has 0 saturated heterocycles. The quantitative estimate of drug-likeness (QED) is 0.833. The number of carbonyl (C=O) groups excluding carboxylic acids is 1. The summed E-state index contributed by atoms with van der Waals surface area (Å²) >= 11 is 5.88. The van der Waals surface area contributed by atoms with E-state index in [9.17, 15) is 4.79 Å². The first-order valence-corrected chi connectivity index (χ1v) is 7.96. The first-order chi connectivity index (χ1) is 10.3. The molecule has 0 spiro atoms. The van der Waals surface area contributed by atoms with Gasteiger partial charge in [-0.1, -0.05) is 24.4 Å². The molecule has 1 aliphatic carbocycles. The number of alkyl carbamates (subject to hydrolysis) is 1. The molecule has 1 aliphatic rings. The van der Waals surface area contributed by atoms with E-state index in [1.165, 1.54) is 0 Å². The van der Waals surface area contributed by atoms with Crippen LogP contribution < -0.4 is 10.6 Å². The SMILES string of the molecule is CC(C)(C)OC(=O)N[C@@H]1CCCC[C@H]1Nc1nccc(Cl)n1. The van der Waals surface area contributed by atoms with Crippen LogP contribution in [-0.2, 0) is 4.74 Å². The van der Waals surface area contributed by atoms with E-state index in [2.05, 4.69) is 20.6 Å². The summed E-state index contributed by atoms with van der Waals surface area (Å²) < 4.78 is 5.33. The summed E-state index contributed by atoms with van der Waals surface area (Å²) in [6.45, 7) is 5.55. The Hall–Kier alpha value is -1.56. The van der Waals surface area contributed by atoms with Gasteiger partial charge in [0.25, 0.3) is 0 Å². The molecule has 22 heavy (non-hydrogen) atoms. The molecule has 2 rings (SSSR count). The van der Waals surface area contributed by atoms with E-state index in [0.29, 0.717) is 11.1 Å². The number of rotatable bonds is 3. The Morgan fingerprint density at radius 3 is 2.64 bits per heavy atom. The highest BCUT2D eigenvalue weighted by molar-refractivity contribution is 6.29. The van der Waals surface area contributed by atoms with Crippen LogP contribution in [0, 0.1) is 0 Å². The molecule has 0 bridgehead atoms. The van der Waals surface area contributed by atoms with Gasteiger partial charge in [-0.25, -0.2) is 14.8 Å². The molecule has 7 heteroatoms. The minimum absolute atomic E-state index is 0.00817. The second kappa shape index (κ2) is 7.13. The fourth-order valence-corrected chi connectivity index (χ4v) is 2.64. The first-order valence-electron chi connectivity index (χ1n) is 7.58. The van der Waals surface area contributed by atoms with Crippen molar-refractivity contribution in [2.75, 3.05) is 5.32 Å². The second-order valence-electron chi connectivity index (χ2n) is 6.49. The third kappa shape index (κ3) is 5.33. The van der Waals surface area contributed by atoms with Gasteiger partial charge in [0.15, 0.2) is 0 Å². The maximum atomic E-state index is 12.0. The predicted octanol–water partition coefficient (Wildman–Crippen LogP) is 3.38. The van der Waals surface area contributed by atoms with E-state index in [1.807, 2.05) is 20.8 Å². The summed E-state index contributed by atoms with van der Waals surface area (Å²) in [7, 11) is 0. The predicted molar refractivity (Wildman–Crippen MR) is 86.1 cm³/mol.